The average molecular weight is 393 g/mol. The number of amides is 1. The SMILES string of the molecule is CN=C(NCc1ccc(C(N)=O)cc1)NC1CC2(CCCC2)Oc2ccccc21. The van der Waals surface area contributed by atoms with Gasteiger partial charge in [0.2, 0.25) is 5.91 Å². The van der Waals surface area contributed by atoms with E-state index in [2.05, 4.69) is 33.8 Å². The van der Waals surface area contributed by atoms with Crippen LogP contribution in [0.5, 0.6) is 5.75 Å². The van der Waals surface area contributed by atoms with E-state index in [0.717, 1.165) is 36.5 Å². The summed E-state index contributed by atoms with van der Waals surface area (Å²) in [5.41, 5.74) is 7.99. The fourth-order valence-corrected chi connectivity index (χ4v) is 4.40. The molecule has 1 atom stereocenters. The van der Waals surface area contributed by atoms with Crippen molar-refractivity contribution >= 4 is 11.9 Å². The predicted octanol–water partition coefficient (Wildman–Crippen LogP) is 3.29. The molecular formula is C23H28N4O2. The largest absolute Gasteiger partial charge is 0.487 e. The van der Waals surface area contributed by atoms with Crippen LogP contribution in [0, 0.1) is 0 Å². The fraction of sp³-hybridized carbons (Fsp3) is 0.391. The number of benzene rings is 2. The van der Waals surface area contributed by atoms with E-state index in [1.165, 1.54) is 18.4 Å². The van der Waals surface area contributed by atoms with E-state index in [1.807, 2.05) is 18.2 Å². The van der Waals surface area contributed by atoms with Crippen LogP contribution >= 0.6 is 0 Å². The summed E-state index contributed by atoms with van der Waals surface area (Å²) in [6.45, 7) is 0.606. The number of primary amides is 1. The fourth-order valence-electron chi connectivity index (χ4n) is 4.40. The molecule has 152 valence electrons. The second kappa shape index (κ2) is 8.15. The summed E-state index contributed by atoms with van der Waals surface area (Å²) in [4.78, 5) is 15.6. The molecule has 1 aliphatic heterocycles. The van der Waals surface area contributed by atoms with Crippen LogP contribution < -0.4 is 21.1 Å². The number of guanidine groups is 1. The molecule has 1 unspecified atom stereocenters. The van der Waals surface area contributed by atoms with Gasteiger partial charge in [0.15, 0.2) is 5.96 Å². The number of hydrogen-bond acceptors (Lipinski definition) is 3. The van der Waals surface area contributed by atoms with Crippen molar-refractivity contribution < 1.29 is 9.53 Å². The Morgan fingerprint density at radius 3 is 2.59 bits per heavy atom. The molecule has 1 amide bonds. The molecule has 0 radical (unpaired) electrons. The number of carbonyl (C=O) groups excluding carboxylic acids is 1. The van der Waals surface area contributed by atoms with Crippen molar-refractivity contribution in [2.75, 3.05) is 7.05 Å². The van der Waals surface area contributed by atoms with E-state index in [-0.39, 0.29) is 11.6 Å². The number of carbonyl (C=O) groups is 1. The van der Waals surface area contributed by atoms with Crippen LogP contribution in [0.25, 0.3) is 0 Å². The van der Waals surface area contributed by atoms with Crippen LogP contribution in [-0.2, 0) is 6.54 Å². The lowest BCUT2D eigenvalue weighted by Gasteiger charge is -2.40. The predicted molar refractivity (Wildman–Crippen MR) is 114 cm³/mol. The van der Waals surface area contributed by atoms with Crippen LogP contribution in [0.3, 0.4) is 0 Å². The molecule has 1 aliphatic carbocycles. The summed E-state index contributed by atoms with van der Waals surface area (Å²) in [5, 5.41) is 6.97. The minimum atomic E-state index is -0.416. The van der Waals surface area contributed by atoms with E-state index in [0.29, 0.717) is 12.1 Å². The highest BCUT2D eigenvalue weighted by Gasteiger charge is 2.43. The van der Waals surface area contributed by atoms with Crippen LogP contribution in [0.2, 0.25) is 0 Å². The molecule has 6 nitrogen and oxygen atoms in total. The molecule has 1 heterocycles. The van der Waals surface area contributed by atoms with Crippen molar-refractivity contribution in [2.24, 2.45) is 10.7 Å². The number of nitrogens with zero attached hydrogens (tertiary/aromatic N) is 1. The zero-order valence-corrected chi connectivity index (χ0v) is 16.8. The Labute approximate surface area is 171 Å². The molecule has 2 aliphatic rings. The van der Waals surface area contributed by atoms with Gasteiger partial charge in [-0.2, -0.15) is 0 Å². The molecular weight excluding hydrogens is 364 g/mol. The second-order valence-corrected chi connectivity index (χ2v) is 7.92. The molecule has 1 fully saturated rings. The highest BCUT2D eigenvalue weighted by molar-refractivity contribution is 5.92. The van der Waals surface area contributed by atoms with E-state index < -0.39 is 5.91 Å². The molecule has 4 rings (SSSR count). The van der Waals surface area contributed by atoms with Crippen molar-refractivity contribution in [1.29, 1.82) is 0 Å². The van der Waals surface area contributed by atoms with Gasteiger partial charge < -0.3 is 21.1 Å². The van der Waals surface area contributed by atoms with E-state index in [9.17, 15) is 4.79 Å². The first-order valence-electron chi connectivity index (χ1n) is 10.2. The number of aliphatic imine (C=N–C) groups is 1. The number of hydrogen-bond donors (Lipinski definition) is 3. The molecule has 1 spiro atoms. The van der Waals surface area contributed by atoms with Crippen LogP contribution in [0.4, 0.5) is 0 Å². The highest BCUT2D eigenvalue weighted by Crippen LogP contribution is 2.46. The molecule has 0 bridgehead atoms. The molecule has 6 heteroatoms. The van der Waals surface area contributed by atoms with Gasteiger partial charge in [-0.25, -0.2) is 0 Å². The third-order valence-electron chi connectivity index (χ3n) is 5.94. The van der Waals surface area contributed by atoms with Gasteiger partial charge in [0.25, 0.3) is 0 Å². The summed E-state index contributed by atoms with van der Waals surface area (Å²) in [6.07, 6.45) is 5.61. The van der Waals surface area contributed by atoms with Gasteiger partial charge in [0.05, 0.1) is 6.04 Å². The normalized spacial score (nSPS) is 20.0. The molecule has 29 heavy (non-hydrogen) atoms. The zero-order chi connectivity index (χ0) is 20.3. The van der Waals surface area contributed by atoms with Gasteiger partial charge in [-0.15, -0.1) is 0 Å². The molecule has 0 saturated heterocycles. The first-order valence-corrected chi connectivity index (χ1v) is 10.2. The first-order chi connectivity index (χ1) is 14.1. The van der Waals surface area contributed by atoms with Gasteiger partial charge >= 0.3 is 0 Å². The van der Waals surface area contributed by atoms with Crippen molar-refractivity contribution in [3.63, 3.8) is 0 Å². The third-order valence-corrected chi connectivity index (χ3v) is 5.94. The number of para-hydroxylation sites is 1. The van der Waals surface area contributed by atoms with Crippen LogP contribution in [-0.4, -0.2) is 24.5 Å². The molecule has 1 saturated carbocycles. The average Bonchev–Trinajstić information content (AvgIpc) is 3.18. The minimum absolute atomic E-state index is 0.0601. The van der Waals surface area contributed by atoms with Crippen LogP contribution in [0.1, 0.15) is 59.6 Å². The van der Waals surface area contributed by atoms with Crippen LogP contribution in [0.15, 0.2) is 53.5 Å². The maximum atomic E-state index is 11.2. The van der Waals surface area contributed by atoms with Gasteiger partial charge in [0, 0.05) is 31.1 Å². The van der Waals surface area contributed by atoms with E-state index in [1.54, 1.807) is 19.2 Å². The highest BCUT2D eigenvalue weighted by atomic mass is 16.5. The Balaban J connectivity index is 1.45. The van der Waals surface area contributed by atoms with Gasteiger partial charge in [0.1, 0.15) is 11.4 Å². The zero-order valence-electron chi connectivity index (χ0n) is 16.8. The van der Waals surface area contributed by atoms with Crippen molar-refractivity contribution in [3.8, 4) is 5.75 Å². The number of rotatable bonds is 4. The summed E-state index contributed by atoms with van der Waals surface area (Å²) in [6, 6.07) is 15.7. The molecule has 2 aromatic rings. The summed E-state index contributed by atoms with van der Waals surface area (Å²) < 4.78 is 6.45. The maximum absolute atomic E-state index is 11.2. The second-order valence-electron chi connectivity index (χ2n) is 7.92. The lowest BCUT2D eigenvalue weighted by molar-refractivity contribution is 0.0396. The smallest absolute Gasteiger partial charge is 0.248 e. The lowest BCUT2D eigenvalue weighted by atomic mass is 9.86. The third kappa shape index (κ3) is 4.21. The van der Waals surface area contributed by atoms with E-state index >= 15 is 0 Å². The van der Waals surface area contributed by atoms with Gasteiger partial charge in [-0.1, -0.05) is 30.3 Å². The maximum Gasteiger partial charge on any atom is 0.248 e. The monoisotopic (exact) mass is 392 g/mol. The summed E-state index contributed by atoms with van der Waals surface area (Å²) in [5.74, 6) is 1.32. The molecule has 4 N–H and O–H groups in total. The summed E-state index contributed by atoms with van der Waals surface area (Å²) in [7, 11) is 1.78. The summed E-state index contributed by atoms with van der Waals surface area (Å²) >= 11 is 0. The Morgan fingerprint density at radius 1 is 1.17 bits per heavy atom. The molecule has 0 aromatic heterocycles. The standard InChI is InChI=1S/C23H28N4O2/c1-25-22(26-15-16-8-10-17(11-9-16)21(24)28)27-19-14-23(12-4-5-13-23)29-20-7-3-2-6-18(19)20/h2-3,6-11,19H,4-5,12-15H2,1H3,(H2,24,28)(H2,25,26,27). The van der Waals surface area contributed by atoms with Gasteiger partial charge in [-0.05, 0) is 49.4 Å². The Morgan fingerprint density at radius 2 is 1.90 bits per heavy atom. The van der Waals surface area contributed by atoms with E-state index in [4.69, 9.17) is 10.5 Å². The van der Waals surface area contributed by atoms with Crippen molar-refractivity contribution in [3.05, 3.63) is 65.2 Å². The van der Waals surface area contributed by atoms with Crippen molar-refractivity contribution in [1.82, 2.24) is 10.6 Å². The first kappa shape index (κ1) is 19.3. The topological polar surface area (TPSA) is 88.7 Å². The number of nitrogens with two attached hydrogens (primary N) is 1. The quantitative estimate of drug-likeness (QED) is 0.550. The Bertz CT molecular complexity index is 901. The number of fused-ring (bicyclic) bond motifs is 1. The Kier molecular flexibility index (Phi) is 5.43. The van der Waals surface area contributed by atoms with Crippen molar-refractivity contribution in [2.45, 2.75) is 50.3 Å². The number of ether oxygens (including phenoxy) is 1. The molecule has 2 aromatic carbocycles. The van der Waals surface area contributed by atoms with Gasteiger partial charge in [-0.3, -0.25) is 9.79 Å². The lowest BCUT2D eigenvalue weighted by Crippen LogP contribution is -2.46. The Hall–Kier alpha value is -3.02. The number of nitrogens with one attached hydrogen (secondary N) is 2. The minimum Gasteiger partial charge on any atom is -0.487 e.